The second-order valence-corrected chi connectivity index (χ2v) is 8.05. The Morgan fingerprint density at radius 1 is 0.969 bits per heavy atom. The van der Waals surface area contributed by atoms with E-state index in [1.54, 1.807) is 31.4 Å². The molecular weight excluding hydrogens is 412 g/mol. The molecule has 1 fully saturated rings. The van der Waals surface area contributed by atoms with Crippen LogP contribution in [0.4, 0.5) is 8.78 Å². The highest BCUT2D eigenvalue weighted by atomic mass is 19.1. The molecule has 0 radical (unpaired) electrons. The van der Waals surface area contributed by atoms with Gasteiger partial charge < -0.3 is 19.9 Å². The van der Waals surface area contributed by atoms with Crippen LogP contribution in [-0.4, -0.2) is 37.1 Å². The summed E-state index contributed by atoms with van der Waals surface area (Å²) in [6.07, 6.45) is -0.569. The van der Waals surface area contributed by atoms with Crippen LogP contribution in [0.1, 0.15) is 29.0 Å². The minimum Gasteiger partial charge on any atom is -0.496 e. The molecule has 1 heterocycles. The summed E-state index contributed by atoms with van der Waals surface area (Å²) in [7, 11) is 1.63. The van der Waals surface area contributed by atoms with Gasteiger partial charge in [-0.15, -0.1) is 0 Å². The fourth-order valence-electron chi connectivity index (χ4n) is 4.29. The molecular formula is C26H27F2NO3. The monoisotopic (exact) mass is 439 g/mol. The molecule has 0 aliphatic carbocycles. The van der Waals surface area contributed by atoms with Crippen molar-refractivity contribution in [3.8, 4) is 5.75 Å². The molecule has 32 heavy (non-hydrogen) atoms. The lowest BCUT2D eigenvalue weighted by Crippen LogP contribution is -2.50. The topological polar surface area (TPSA) is 50.7 Å². The fraction of sp³-hybridized carbons (Fsp3) is 0.308. The molecule has 3 aromatic carbocycles. The molecule has 0 saturated carbocycles. The molecule has 0 spiro atoms. The summed E-state index contributed by atoms with van der Waals surface area (Å²) in [6, 6.07) is 20.0. The average molecular weight is 440 g/mol. The molecule has 4 rings (SSSR count). The Morgan fingerprint density at radius 3 is 2.12 bits per heavy atom. The zero-order chi connectivity index (χ0) is 22.5. The third kappa shape index (κ3) is 5.15. The molecule has 3 aromatic rings. The zero-order valence-corrected chi connectivity index (χ0v) is 17.9. The number of benzene rings is 3. The Morgan fingerprint density at radius 2 is 1.56 bits per heavy atom. The molecule has 168 valence electrons. The van der Waals surface area contributed by atoms with E-state index < -0.39 is 6.10 Å². The molecule has 1 saturated heterocycles. The van der Waals surface area contributed by atoms with Crippen LogP contribution >= 0.6 is 0 Å². The number of methoxy groups -OCH3 is 1. The average Bonchev–Trinajstić information content (AvgIpc) is 2.81. The lowest BCUT2D eigenvalue weighted by Gasteiger charge is -2.38. The van der Waals surface area contributed by atoms with Gasteiger partial charge in [0.25, 0.3) is 0 Å². The molecule has 6 heteroatoms. The van der Waals surface area contributed by atoms with Crippen molar-refractivity contribution >= 4 is 0 Å². The first kappa shape index (κ1) is 22.4. The summed E-state index contributed by atoms with van der Waals surface area (Å²) >= 11 is 0. The zero-order valence-electron chi connectivity index (χ0n) is 17.9. The summed E-state index contributed by atoms with van der Waals surface area (Å²) in [5, 5.41) is 14.2. The Balaban J connectivity index is 1.48. The summed E-state index contributed by atoms with van der Waals surface area (Å²) in [5.74, 6) is -0.105. The predicted molar refractivity (Wildman–Crippen MR) is 119 cm³/mol. The maximum absolute atomic E-state index is 13.5. The first-order chi connectivity index (χ1) is 15.5. The number of rotatable bonds is 7. The highest BCUT2D eigenvalue weighted by Gasteiger charge is 2.35. The van der Waals surface area contributed by atoms with Crippen molar-refractivity contribution in [2.45, 2.75) is 37.1 Å². The van der Waals surface area contributed by atoms with Gasteiger partial charge in [-0.1, -0.05) is 42.5 Å². The van der Waals surface area contributed by atoms with Gasteiger partial charge in [0.05, 0.1) is 32.0 Å². The van der Waals surface area contributed by atoms with Crippen LogP contribution in [0.2, 0.25) is 0 Å². The first-order valence-electron chi connectivity index (χ1n) is 10.7. The van der Waals surface area contributed by atoms with Crippen LogP contribution < -0.4 is 10.1 Å². The summed E-state index contributed by atoms with van der Waals surface area (Å²) in [5.41, 5.74) is 2.71. The predicted octanol–water partition coefficient (Wildman–Crippen LogP) is 4.41. The molecule has 4 nitrogen and oxygen atoms in total. The summed E-state index contributed by atoms with van der Waals surface area (Å²) in [6.45, 7) is 0.860. The van der Waals surface area contributed by atoms with Crippen molar-refractivity contribution in [3.63, 3.8) is 0 Å². The molecule has 3 atom stereocenters. The van der Waals surface area contributed by atoms with Crippen molar-refractivity contribution in [2.75, 3.05) is 13.7 Å². The van der Waals surface area contributed by atoms with Crippen molar-refractivity contribution in [1.29, 1.82) is 0 Å². The van der Waals surface area contributed by atoms with E-state index in [0.29, 0.717) is 19.6 Å². The highest BCUT2D eigenvalue weighted by molar-refractivity contribution is 5.35. The molecule has 2 N–H and O–H groups in total. The fourth-order valence-corrected chi connectivity index (χ4v) is 4.29. The summed E-state index contributed by atoms with van der Waals surface area (Å²) < 4.78 is 38.6. The number of nitrogens with one attached hydrogen (secondary N) is 1. The standard InChI is InChI=1S/C26H27F2NO3/c1-31-24-5-3-2-4-19(24)15-29-22-16-32-25(14-23(22)30)26(17-6-10-20(27)11-7-17)18-8-12-21(28)13-9-18/h2-13,22-23,25-26,29-30H,14-16H2,1H3. The quantitative estimate of drug-likeness (QED) is 0.573. The van der Waals surface area contributed by atoms with E-state index in [1.807, 2.05) is 24.3 Å². The van der Waals surface area contributed by atoms with Gasteiger partial charge in [-0.05, 0) is 41.5 Å². The normalized spacial score (nSPS) is 21.0. The number of para-hydroxylation sites is 1. The van der Waals surface area contributed by atoms with Crippen molar-refractivity contribution < 1.29 is 23.4 Å². The van der Waals surface area contributed by atoms with Crippen LogP contribution in [0.15, 0.2) is 72.8 Å². The Labute approximate surface area is 186 Å². The van der Waals surface area contributed by atoms with E-state index in [9.17, 15) is 13.9 Å². The molecule has 1 aliphatic heterocycles. The van der Waals surface area contributed by atoms with Gasteiger partial charge in [-0.25, -0.2) is 8.78 Å². The maximum atomic E-state index is 13.5. The van der Waals surface area contributed by atoms with Gasteiger partial charge in [0.15, 0.2) is 0 Å². The Hall–Kier alpha value is -2.80. The SMILES string of the molecule is COc1ccccc1CNC1COC(C(c2ccc(F)cc2)c2ccc(F)cc2)CC1O. The Bertz CT molecular complexity index is 965. The minimum absolute atomic E-state index is 0.238. The number of ether oxygens (including phenoxy) is 2. The van der Waals surface area contributed by atoms with Crippen LogP contribution in [0, 0.1) is 11.6 Å². The van der Waals surface area contributed by atoms with Gasteiger partial charge in [0.1, 0.15) is 17.4 Å². The van der Waals surface area contributed by atoms with E-state index in [1.165, 1.54) is 24.3 Å². The van der Waals surface area contributed by atoms with Gasteiger partial charge >= 0.3 is 0 Å². The lowest BCUT2D eigenvalue weighted by atomic mass is 9.82. The van der Waals surface area contributed by atoms with Crippen LogP contribution in [-0.2, 0) is 11.3 Å². The molecule has 0 amide bonds. The van der Waals surface area contributed by atoms with E-state index >= 15 is 0 Å². The first-order valence-corrected chi connectivity index (χ1v) is 10.7. The minimum atomic E-state index is -0.633. The second-order valence-electron chi connectivity index (χ2n) is 8.05. The largest absolute Gasteiger partial charge is 0.496 e. The maximum Gasteiger partial charge on any atom is 0.123 e. The third-order valence-corrected chi connectivity index (χ3v) is 6.01. The van der Waals surface area contributed by atoms with E-state index in [0.717, 1.165) is 22.4 Å². The van der Waals surface area contributed by atoms with Gasteiger partial charge in [-0.3, -0.25) is 0 Å². The van der Waals surface area contributed by atoms with Crippen molar-refractivity contribution in [1.82, 2.24) is 5.32 Å². The summed E-state index contributed by atoms with van der Waals surface area (Å²) in [4.78, 5) is 0. The molecule has 0 bridgehead atoms. The van der Waals surface area contributed by atoms with Crippen LogP contribution in [0.3, 0.4) is 0 Å². The number of hydrogen-bond donors (Lipinski definition) is 2. The van der Waals surface area contributed by atoms with E-state index in [4.69, 9.17) is 9.47 Å². The van der Waals surface area contributed by atoms with Crippen molar-refractivity contribution in [3.05, 3.63) is 101 Å². The second kappa shape index (κ2) is 10.2. The molecule has 3 unspecified atom stereocenters. The van der Waals surface area contributed by atoms with E-state index in [2.05, 4.69) is 5.32 Å². The van der Waals surface area contributed by atoms with E-state index in [-0.39, 0.29) is 29.7 Å². The molecule has 0 aromatic heterocycles. The number of aliphatic hydroxyl groups excluding tert-OH is 1. The Kier molecular flexibility index (Phi) is 7.15. The smallest absolute Gasteiger partial charge is 0.123 e. The lowest BCUT2D eigenvalue weighted by molar-refractivity contribution is -0.0718. The number of aliphatic hydroxyl groups is 1. The number of halogens is 2. The van der Waals surface area contributed by atoms with Gasteiger partial charge in [0.2, 0.25) is 0 Å². The van der Waals surface area contributed by atoms with Gasteiger partial charge in [-0.2, -0.15) is 0 Å². The number of hydrogen-bond acceptors (Lipinski definition) is 4. The van der Waals surface area contributed by atoms with Gasteiger partial charge in [0, 0.05) is 24.4 Å². The highest BCUT2D eigenvalue weighted by Crippen LogP contribution is 2.35. The van der Waals surface area contributed by atoms with Crippen LogP contribution in [0.5, 0.6) is 5.75 Å². The molecule has 1 aliphatic rings. The van der Waals surface area contributed by atoms with Crippen LogP contribution in [0.25, 0.3) is 0 Å². The van der Waals surface area contributed by atoms with Crippen molar-refractivity contribution in [2.24, 2.45) is 0 Å². The third-order valence-electron chi connectivity index (χ3n) is 6.01.